The Morgan fingerprint density at radius 2 is 2.25 bits per heavy atom. The van der Waals surface area contributed by atoms with Crippen LogP contribution >= 0.6 is 0 Å². The SMILES string of the molecule is CCC(C)NC1C(=O)Nc2ccc(C)cc21. The van der Waals surface area contributed by atoms with Crippen molar-refractivity contribution in [3.63, 3.8) is 0 Å². The van der Waals surface area contributed by atoms with Crippen molar-refractivity contribution in [2.45, 2.75) is 39.3 Å². The molecule has 2 atom stereocenters. The molecule has 1 aromatic rings. The second kappa shape index (κ2) is 4.26. The maximum atomic E-state index is 11.8. The van der Waals surface area contributed by atoms with Gasteiger partial charge in [-0.3, -0.25) is 10.1 Å². The van der Waals surface area contributed by atoms with Crippen LogP contribution in [0.5, 0.6) is 0 Å². The number of benzene rings is 1. The molecule has 1 aliphatic rings. The highest BCUT2D eigenvalue weighted by Crippen LogP contribution is 2.31. The third-order valence-corrected chi connectivity index (χ3v) is 3.10. The molecule has 0 spiro atoms. The Labute approximate surface area is 96.2 Å². The van der Waals surface area contributed by atoms with E-state index >= 15 is 0 Å². The average Bonchev–Trinajstić information content (AvgIpc) is 2.55. The molecule has 2 N–H and O–H groups in total. The topological polar surface area (TPSA) is 41.1 Å². The minimum Gasteiger partial charge on any atom is -0.324 e. The fourth-order valence-electron chi connectivity index (χ4n) is 1.95. The van der Waals surface area contributed by atoms with Crippen LogP contribution in [0.1, 0.15) is 37.4 Å². The van der Waals surface area contributed by atoms with Crippen molar-refractivity contribution >= 4 is 11.6 Å². The zero-order chi connectivity index (χ0) is 11.7. The van der Waals surface area contributed by atoms with Crippen LogP contribution in [-0.2, 0) is 4.79 Å². The minimum absolute atomic E-state index is 0.0564. The number of aryl methyl sites for hydroxylation is 1. The van der Waals surface area contributed by atoms with Crippen LogP contribution in [-0.4, -0.2) is 11.9 Å². The monoisotopic (exact) mass is 218 g/mol. The van der Waals surface area contributed by atoms with Gasteiger partial charge >= 0.3 is 0 Å². The highest BCUT2D eigenvalue weighted by molar-refractivity contribution is 6.02. The van der Waals surface area contributed by atoms with Crippen LogP contribution in [0.25, 0.3) is 0 Å². The average molecular weight is 218 g/mol. The quantitative estimate of drug-likeness (QED) is 0.817. The normalized spacial score (nSPS) is 20.4. The van der Waals surface area contributed by atoms with Crippen LogP contribution < -0.4 is 10.6 Å². The lowest BCUT2D eigenvalue weighted by Crippen LogP contribution is -2.34. The summed E-state index contributed by atoms with van der Waals surface area (Å²) in [5.74, 6) is 0.0564. The van der Waals surface area contributed by atoms with Crippen molar-refractivity contribution in [2.75, 3.05) is 5.32 Å². The molecule has 0 fully saturated rings. The van der Waals surface area contributed by atoms with Gasteiger partial charge in [-0.25, -0.2) is 0 Å². The molecule has 1 amide bonds. The van der Waals surface area contributed by atoms with E-state index in [1.165, 1.54) is 5.56 Å². The summed E-state index contributed by atoms with van der Waals surface area (Å²) in [5, 5.41) is 6.25. The molecule has 1 aromatic carbocycles. The van der Waals surface area contributed by atoms with Gasteiger partial charge in [-0.15, -0.1) is 0 Å². The summed E-state index contributed by atoms with van der Waals surface area (Å²) in [7, 11) is 0. The van der Waals surface area contributed by atoms with Gasteiger partial charge in [0.25, 0.3) is 0 Å². The van der Waals surface area contributed by atoms with Gasteiger partial charge in [0.2, 0.25) is 5.91 Å². The molecule has 1 heterocycles. The Kier molecular flexibility index (Phi) is 2.97. The number of anilines is 1. The predicted molar refractivity (Wildman–Crippen MR) is 65.4 cm³/mol. The molecule has 3 heteroatoms. The predicted octanol–water partition coefficient (Wildman–Crippen LogP) is 2.38. The number of carbonyl (C=O) groups excluding carboxylic acids is 1. The number of carbonyl (C=O) groups is 1. The van der Waals surface area contributed by atoms with E-state index in [1.807, 2.05) is 19.1 Å². The van der Waals surface area contributed by atoms with Crippen LogP contribution in [0, 0.1) is 6.92 Å². The summed E-state index contributed by atoms with van der Waals surface area (Å²) in [6.45, 7) is 6.26. The molecule has 2 unspecified atom stereocenters. The Morgan fingerprint density at radius 3 is 2.94 bits per heavy atom. The summed E-state index contributed by atoms with van der Waals surface area (Å²) < 4.78 is 0. The molecule has 16 heavy (non-hydrogen) atoms. The third kappa shape index (κ3) is 1.95. The van der Waals surface area contributed by atoms with E-state index in [-0.39, 0.29) is 11.9 Å². The zero-order valence-electron chi connectivity index (χ0n) is 10.0. The molecular formula is C13H18N2O. The highest BCUT2D eigenvalue weighted by atomic mass is 16.2. The minimum atomic E-state index is -0.190. The van der Waals surface area contributed by atoms with Crippen molar-refractivity contribution < 1.29 is 4.79 Å². The fraction of sp³-hybridized carbons (Fsp3) is 0.462. The number of rotatable bonds is 3. The summed E-state index contributed by atoms with van der Waals surface area (Å²) in [4.78, 5) is 11.8. The molecule has 0 aliphatic carbocycles. The van der Waals surface area contributed by atoms with E-state index in [0.717, 1.165) is 17.7 Å². The lowest BCUT2D eigenvalue weighted by Gasteiger charge is -2.17. The van der Waals surface area contributed by atoms with Gasteiger partial charge in [-0.2, -0.15) is 0 Å². The smallest absolute Gasteiger partial charge is 0.246 e. The molecule has 2 rings (SSSR count). The maximum absolute atomic E-state index is 11.8. The van der Waals surface area contributed by atoms with E-state index in [1.54, 1.807) is 0 Å². The first-order valence-corrected chi connectivity index (χ1v) is 5.79. The van der Waals surface area contributed by atoms with Crippen molar-refractivity contribution in [3.05, 3.63) is 29.3 Å². The van der Waals surface area contributed by atoms with Crippen molar-refractivity contribution in [2.24, 2.45) is 0 Å². The molecular weight excluding hydrogens is 200 g/mol. The molecule has 0 saturated heterocycles. The lowest BCUT2D eigenvalue weighted by atomic mass is 10.0. The summed E-state index contributed by atoms with van der Waals surface area (Å²) in [6, 6.07) is 6.23. The van der Waals surface area contributed by atoms with E-state index in [0.29, 0.717) is 6.04 Å². The summed E-state index contributed by atoms with van der Waals surface area (Å²) in [6.07, 6.45) is 1.02. The first-order chi connectivity index (χ1) is 7.61. The summed E-state index contributed by atoms with van der Waals surface area (Å²) in [5.41, 5.74) is 3.20. The van der Waals surface area contributed by atoms with Gasteiger partial charge in [0.15, 0.2) is 0 Å². The van der Waals surface area contributed by atoms with E-state index in [4.69, 9.17) is 0 Å². The van der Waals surface area contributed by atoms with Gasteiger partial charge in [0, 0.05) is 17.3 Å². The number of hydrogen-bond donors (Lipinski definition) is 2. The number of fused-ring (bicyclic) bond motifs is 1. The largest absolute Gasteiger partial charge is 0.324 e. The van der Waals surface area contributed by atoms with Crippen molar-refractivity contribution in [3.8, 4) is 0 Å². The molecule has 3 nitrogen and oxygen atoms in total. The van der Waals surface area contributed by atoms with Crippen LogP contribution in [0.2, 0.25) is 0 Å². The Bertz CT molecular complexity index is 414. The van der Waals surface area contributed by atoms with Crippen molar-refractivity contribution in [1.29, 1.82) is 0 Å². The Balaban J connectivity index is 2.28. The number of amides is 1. The second-order valence-electron chi connectivity index (χ2n) is 4.49. The van der Waals surface area contributed by atoms with E-state index in [9.17, 15) is 4.79 Å². The lowest BCUT2D eigenvalue weighted by molar-refractivity contribution is -0.117. The Hall–Kier alpha value is -1.35. The van der Waals surface area contributed by atoms with E-state index in [2.05, 4.69) is 30.5 Å². The molecule has 0 aromatic heterocycles. The molecule has 0 radical (unpaired) electrons. The number of hydrogen-bond acceptors (Lipinski definition) is 2. The zero-order valence-corrected chi connectivity index (χ0v) is 10.0. The van der Waals surface area contributed by atoms with Gasteiger partial charge < -0.3 is 5.32 Å². The van der Waals surface area contributed by atoms with Crippen LogP contribution in [0.3, 0.4) is 0 Å². The Morgan fingerprint density at radius 1 is 1.50 bits per heavy atom. The third-order valence-electron chi connectivity index (χ3n) is 3.10. The van der Waals surface area contributed by atoms with E-state index < -0.39 is 0 Å². The van der Waals surface area contributed by atoms with Gasteiger partial charge in [-0.1, -0.05) is 24.6 Å². The molecule has 86 valence electrons. The molecule has 0 saturated carbocycles. The number of nitrogens with one attached hydrogen (secondary N) is 2. The first kappa shape index (κ1) is 11.1. The molecule has 0 bridgehead atoms. The summed E-state index contributed by atoms with van der Waals surface area (Å²) >= 11 is 0. The maximum Gasteiger partial charge on any atom is 0.246 e. The molecule has 1 aliphatic heterocycles. The second-order valence-corrected chi connectivity index (χ2v) is 4.49. The van der Waals surface area contributed by atoms with Gasteiger partial charge in [0.05, 0.1) is 0 Å². The first-order valence-electron chi connectivity index (χ1n) is 5.79. The standard InChI is InChI=1S/C13H18N2O/c1-4-9(3)14-12-10-7-8(2)5-6-11(10)15-13(12)16/h5-7,9,12,14H,4H2,1-3H3,(H,15,16). The van der Waals surface area contributed by atoms with Crippen LogP contribution in [0.4, 0.5) is 5.69 Å². The van der Waals surface area contributed by atoms with Gasteiger partial charge in [-0.05, 0) is 26.3 Å². The van der Waals surface area contributed by atoms with Gasteiger partial charge in [0.1, 0.15) is 6.04 Å². The van der Waals surface area contributed by atoms with Crippen molar-refractivity contribution in [1.82, 2.24) is 5.32 Å². The highest BCUT2D eigenvalue weighted by Gasteiger charge is 2.30. The van der Waals surface area contributed by atoms with Crippen LogP contribution in [0.15, 0.2) is 18.2 Å². The fourth-order valence-corrected chi connectivity index (χ4v) is 1.95.